The van der Waals surface area contributed by atoms with Crippen LogP contribution in [0.15, 0.2) is 54.6 Å². The van der Waals surface area contributed by atoms with Gasteiger partial charge in [-0.15, -0.1) is 11.3 Å². The van der Waals surface area contributed by atoms with Gasteiger partial charge in [0.1, 0.15) is 16.7 Å². The van der Waals surface area contributed by atoms with Crippen LogP contribution in [-0.4, -0.2) is 17.5 Å². The van der Waals surface area contributed by atoms with Crippen LogP contribution in [0.25, 0.3) is 10.1 Å². The number of nitriles is 1. The zero-order chi connectivity index (χ0) is 22.9. The number of pyridine rings is 1. The first-order valence-electron chi connectivity index (χ1n) is 10.0. The lowest BCUT2D eigenvalue weighted by Crippen LogP contribution is -2.12. The molecule has 1 aliphatic heterocycles. The van der Waals surface area contributed by atoms with Crippen molar-refractivity contribution in [2.45, 2.75) is 12.3 Å². The number of hydrogen-bond donors (Lipinski definition) is 1. The molecule has 0 radical (unpaired) electrons. The molecular formula is C24H15Cl2N3O3S. The maximum Gasteiger partial charge on any atom is 0.265 e. The Morgan fingerprint density at radius 2 is 2.00 bits per heavy atom. The van der Waals surface area contributed by atoms with Crippen LogP contribution >= 0.6 is 34.5 Å². The van der Waals surface area contributed by atoms with Gasteiger partial charge in [0.05, 0.1) is 23.5 Å². The van der Waals surface area contributed by atoms with Crippen LogP contribution < -0.4 is 14.8 Å². The van der Waals surface area contributed by atoms with Gasteiger partial charge in [-0.2, -0.15) is 5.26 Å². The second-order valence-corrected chi connectivity index (χ2v) is 9.29. The van der Waals surface area contributed by atoms with Crippen LogP contribution in [0, 0.1) is 11.3 Å². The molecule has 6 nitrogen and oxygen atoms in total. The minimum Gasteiger partial charge on any atom is -0.493 e. The Kier molecular flexibility index (Phi) is 5.81. The van der Waals surface area contributed by atoms with E-state index in [9.17, 15) is 10.1 Å². The molecule has 2 aromatic heterocycles. The Hall–Kier alpha value is -3.31. The number of anilines is 1. The van der Waals surface area contributed by atoms with Gasteiger partial charge in [0, 0.05) is 33.5 Å². The summed E-state index contributed by atoms with van der Waals surface area (Å²) in [7, 11) is 0. The summed E-state index contributed by atoms with van der Waals surface area (Å²) in [5, 5.41) is 13.9. The second-order valence-electron chi connectivity index (χ2n) is 7.38. The number of carbonyl (C=O) groups excluding carboxylic acids is 1. The minimum absolute atomic E-state index is 0.181. The number of nitrogens with one attached hydrogen (secondary N) is 1. The molecule has 2 aromatic carbocycles. The summed E-state index contributed by atoms with van der Waals surface area (Å²) in [6.45, 7) is 0.513. The molecule has 1 amide bonds. The van der Waals surface area contributed by atoms with Crippen LogP contribution in [0.4, 0.5) is 5.69 Å². The van der Waals surface area contributed by atoms with Crippen LogP contribution in [0.2, 0.25) is 10.2 Å². The number of amides is 1. The van der Waals surface area contributed by atoms with Crippen LogP contribution in [0.3, 0.4) is 0 Å². The van der Waals surface area contributed by atoms with Crippen molar-refractivity contribution in [3.05, 3.63) is 75.2 Å². The summed E-state index contributed by atoms with van der Waals surface area (Å²) in [6.07, 6.45) is 0.662. The highest BCUT2D eigenvalue weighted by atomic mass is 35.5. The number of aromatic nitrogens is 1. The van der Waals surface area contributed by atoms with Crippen molar-refractivity contribution in [3.63, 3.8) is 0 Å². The molecule has 9 heteroatoms. The quantitative estimate of drug-likeness (QED) is 0.307. The smallest absolute Gasteiger partial charge is 0.265 e. The van der Waals surface area contributed by atoms with E-state index in [0.717, 1.165) is 15.6 Å². The van der Waals surface area contributed by atoms with E-state index >= 15 is 0 Å². The molecule has 0 fully saturated rings. The van der Waals surface area contributed by atoms with Crippen LogP contribution in [0.5, 0.6) is 17.4 Å². The van der Waals surface area contributed by atoms with E-state index in [1.165, 1.54) is 11.3 Å². The lowest BCUT2D eigenvalue weighted by atomic mass is 9.94. The topological polar surface area (TPSA) is 84.2 Å². The van der Waals surface area contributed by atoms with E-state index < -0.39 is 0 Å². The molecule has 3 heterocycles. The Bertz CT molecular complexity index is 1410. The highest BCUT2D eigenvalue weighted by Crippen LogP contribution is 2.39. The number of rotatable bonds is 4. The summed E-state index contributed by atoms with van der Waals surface area (Å²) in [4.78, 5) is 17.6. The van der Waals surface area contributed by atoms with E-state index in [1.54, 1.807) is 36.4 Å². The lowest BCUT2D eigenvalue weighted by molar-refractivity contribution is 0.103. The number of fused-ring (bicyclic) bond motifs is 2. The highest BCUT2D eigenvalue weighted by Gasteiger charge is 2.23. The standard InChI is InChI=1S/C24H15Cl2N3O3S/c25-15-1-3-17(4-2-15)32-23-10-16(9-22(26)29-23)28-24(30)21-8-14-7-18-13(12-27)5-6-31-19(18)11-20(14)33-21/h1-4,7-11,13H,5-6H2,(H,28,29,30). The molecule has 0 aliphatic carbocycles. The summed E-state index contributed by atoms with van der Waals surface area (Å²) in [6, 6.07) is 17.9. The molecule has 4 aromatic rings. The first kappa shape index (κ1) is 21.5. The van der Waals surface area contributed by atoms with Crippen LogP contribution in [0.1, 0.15) is 27.6 Å². The van der Waals surface area contributed by atoms with Crippen molar-refractivity contribution in [3.8, 4) is 23.4 Å². The van der Waals surface area contributed by atoms with Gasteiger partial charge in [-0.25, -0.2) is 4.98 Å². The van der Waals surface area contributed by atoms with Crippen molar-refractivity contribution in [1.29, 1.82) is 5.26 Å². The van der Waals surface area contributed by atoms with Crippen LogP contribution in [-0.2, 0) is 0 Å². The molecule has 1 aliphatic rings. The molecule has 0 bridgehead atoms. The average Bonchev–Trinajstić information content (AvgIpc) is 3.21. The molecule has 1 unspecified atom stereocenters. The summed E-state index contributed by atoms with van der Waals surface area (Å²) in [5.74, 6) is 1.00. The van der Waals surface area contributed by atoms with E-state index in [1.807, 2.05) is 18.2 Å². The zero-order valence-corrected chi connectivity index (χ0v) is 19.3. The Morgan fingerprint density at radius 1 is 1.18 bits per heavy atom. The normalized spacial score (nSPS) is 14.8. The molecule has 5 rings (SSSR count). The second kappa shape index (κ2) is 8.91. The molecule has 0 saturated carbocycles. The van der Waals surface area contributed by atoms with Gasteiger partial charge < -0.3 is 14.8 Å². The van der Waals surface area contributed by atoms with E-state index in [0.29, 0.717) is 40.1 Å². The average molecular weight is 496 g/mol. The number of benzene rings is 2. The van der Waals surface area contributed by atoms with Crippen molar-refractivity contribution in [2.24, 2.45) is 0 Å². The Balaban J connectivity index is 1.38. The fourth-order valence-electron chi connectivity index (χ4n) is 3.58. The number of hydrogen-bond acceptors (Lipinski definition) is 6. The fraction of sp³-hybridized carbons (Fsp3) is 0.125. The first-order chi connectivity index (χ1) is 16.0. The predicted octanol–water partition coefficient (Wildman–Crippen LogP) is 7.04. The predicted molar refractivity (Wildman–Crippen MR) is 129 cm³/mol. The third-order valence-corrected chi connectivity index (χ3v) is 6.67. The van der Waals surface area contributed by atoms with Crippen molar-refractivity contribution in [1.82, 2.24) is 4.98 Å². The van der Waals surface area contributed by atoms with Gasteiger partial charge in [0.2, 0.25) is 5.88 Å². The monoisotopic (exact) mass is 495 g/mol. The number of halogens is 2. The summed E-state index contributed by atoms with van der Waals surface area (Å²) >= 11 is 13.4. The number of carbonyl (C=O) groups is 1. The molecule has 164 valence electrons. The van der Waals surface area contributed by atoms with Gasteiger partial charge in [-0.3, -0.25) is 4.79 Å². The third kappa shape index (κ3) is 4.60. The molecule has 1 atom stereocenters. The molecule has 0 saturated heterocycles. The molecule has 1 N–H and O–H groups in total. The highest BCUT2D eigenvalue weighted by molar-refractivity contribution is 7.20. The van der Waals surface area contributed by atoms with Gasteiger partial charge in [-0.05, 0) is 53.9 Å². The first-order valence-corrected chi connectivity index (χ1v) is 11.6. The van der Waals surface area contributed by atoms with E-state index in [2.05, 4.69) is 16.4 Å². The third-order valence-electron chi connectivity index (χ3n) is 5.13. The van der Waals surface area contributed by atoms with Crippen molar-refractivity contribution < 1.29 is 14.3 Å². The minimum atomic E-state index is -0.286. The van der Waals surface area contributed by atoms with Gasteiger partial charge >= 0.3 is 0 Å². The zero-order valence-electron chi connectivity index (χ0n) is 17.0. The maximum atomic E-state index is 12.9. The SMILES string of the molecule is N#CC1CCOc2cc3sc(C(=O)Nc4cc(Cl)nc(Oc5ccc(Cl)cc5)c4)cc3cc21. The molecule has 0 spiro atoms. The van der Waals surface area contributed by atoms with Crippen molar-refractivity contribution >= 4 is 56.2 Å². The summed E-state index contributed by atoms with van der Waals surface area (Å²) < 4.78 is 12.4. The Labute approximate surface area is 203 Å². The van der Waals surface area contributed by atoms with Crippen molar-refractivity contribution in [2.75, 3.05) is 11.9 Å². The largest absolute Gasteiger partial charge is 0.493 e. The number of ether oxygens (including phenoxy) is 2. The maximum absolute atomic E-state index is 12.9. The lowest BCUT2D eigenvalue weighted by Gasteiger charge is -2.21. The fourth-order valence-corrected chi connectivity index (χ4v) is 4.88. The molecule has 33 heavy (non-hydrogen) atoms. The summed E-state index contributed by atoms with van der Waals surface area (Å²) in [5.41, 5.74) is 1.32. The van der Waals surface area contributed by atoms with Gasteiger partial charge in [-0.1, -0.05) is 23.2 Å². The van der Waals surface area contributed by atoms with E-state index in [4.69, 9.17) is 32.7 Å². The van der Waals surface area contributed by atoms with Gasteiger partial charge in [0.25, 0.3) is 5.91 Å². The molecular weight excluding hydrogens is 481 g/mol. The number of nitrogens with zero attached hydrogens (tertiary/aromatic N) is 2. The number of thiophene rings is 1. The Morgan fingerprint density at radius 3 is 2.79 bits per heavy atom. The van der Waals surface area contributed by atoms with E-state index in [-0.39, 0.29) is 22.9 Å². The van der Waals surface area contributed by atoms with Gasteiger partial charge in [0.15, 0.2) is 0 Å².